The van der Waals surface area contributed by atoms with Crippen molar-refractivity contribution in [3.05, 3.63) is 29.8 Å². The molecule has 2 nitrogen and oxygen atoms in total. The highest BCUT2D eigenvalue weighted by Gasteiger charge is 2.06. The number of benzene rings is 1. The first-order chi connectivity index (χ1) is 7.69. The number of hydrogen-bond acceptors (Lipinski definition) is 2. The Kier molecular flexibility index (Phi) is 5.19. The Morgan fingerprint density at radius 2 is 1.88 bits per heavy atom. The Balaban J connectivity index is 2.46. The third-order valence-corrected chi connectivity index (χ3v) is 2.59. The zero-order chi connectivity index (χ0) is 12.0. The normalized spacial score (nSPS) is 10.8. The molecule has 0 atom stereocenters. The highest BCUT2D eigenvalue weighted by molar-refractivity contribution is 5.44. The molecule has 1 aromatic rings. The summed E-state index contributed by atoms with van der Waals surface area (Å²) in [4.78, 5) is 2.21. The van der Waals surface area contributed by atoms with Gasteiger partial charge in [0.15, 0.2) is 11.6 Å². The van der Waals surface area contributed by atoms with E-state index < -0.39 is 11.6 Å². The maximum absolute atomic E-state index is 13.2. The van der Waals surface area contributed by atoms with E-state index in [1.54, 1.807) is 6.07 Å². The molecule has 0 aliphatic rings. The van der Waals surface area contributed by atoms with Gasteiger partial charge in [-0.15, -0.1) is 0 Å². The average Bonchev–Trinajstić information content (AvgIpc) is 2.30. The van der Waals surface area contributed by atoms with Crippen LogP contribution in [0.2, 0.25) is 0 Å². The minimum atomic E-state index is -0.812. The lowest BCUT2D eigenvalue weighted by Gasteiger charge is -2.18. The molecule has 1 rings (SSSR count). The van der Waals surface area contributed by atoms with Gasteiger partial charge >= 0.3 is 0 Å². The zero-order valence-electron chi connectivity index (χ0n) is 9.76. The van der Waals surface area contributed by atoms with Gasteiger partial charge in [-0.05, 0) is 25.2 Å². The number of rotatable bonds is 6. The molecule has 0 aliphatic carbocycles. The van der Waals surface area contributed by atoms with Crippen LogP contribution in [0.15, 0.2) is 18.2 Å². The van der Waals surface area contributed by atoms with E-state index in [4.69, 9.17) is 0 Å². The van der Waals surface area contributed by atoms with Crippen molar-refractivity contribution in [1.82, 2.24) is 4.90 Å². The second-order valence-electron chi connectivity index (χ2n) is 3.56. The van der Waals surface area contributed by atoms with Gasteiger partial charge in [-0.1, -0.05) is 19.9 Å². The lowest BCUT2D eigenvalue weighted by molar-refractivity contribution is 0.316. The molecule has 1 N–H and O–H groups in total. The minimum absolute atomic E-state index is 0.229. The third kappa shape index (κ3) is 3.45. The maximum atomic E-state index is 13.2. The van der Waals surface area contributed by atoms with Gasteiger partial charge in [0.05, 0.1) is 5.69 Å². The van der Waals surface area contributed by atoms with Gasteiger partial charge in [-0.2, -0.15) is 0 Å². The second-order valence-corrected chi connectivity index (χ2v) is 3.56. The van der Waals surface area contributed by atoms with Crippen LogP contribution in [0.3, 0.4) is 0 Å². The highest BCUT2D eigenvalue weighted by atomic mass is 19.2. The van der Waals surface area contributed by atoms with E-state index in [1.165, 1.54) is 6.07 Å². The molecule has 0 saturated heterocycles. The average molecular weight is 228 g/mol. The summed E-state index contributed by atoms with van der Waals surface area (Å²) < 4.78 is 26.1. The number of likely N-dealkylation sites (N-methyl/N-ethyl adjacent to an activating group) is 1. The summed E-state index contributed by atoms with van der Waals surface area (Å²) in [6.45, 7) is 7.51. The van der Waals surface area contributed by atoms with Crippen LogP contribution < -0.4 is 5.32 Å². The second kappa shape index (κ2) is 6.43. The van der Waals surface area contributed by atoms with E-state index in [2.05, 4.69) is 24.1 Å². The van der Waals surface area contributed by atoms with Crippen LogP contribution in [0.1, 0.15) is 13.8 Å². The molecule has 90 valence electrons. The van der Waals surface area contributed by atoms with E-state index in [-0.39, 0.29) is 5.69 Å². The first kappa shape index (κ1) is 12.9. The van der Waals surface area contributed by atoms with Crippen LogP contribution in [0.25, 0.3) is 0 Å². The van der Waals surface area contributed by atoms with Crippen LogP contribution in [0, 0.1) is 11.6 Å². The molecule has 16 heavy (non-hydrogen) atoms. The summed E-state index contributed by atoms with van der Waals surface area (Å²) in [6.07, 6.45) is 0. The van der Waals surface area contributed by atoms with Crippen LogP contribution in [0.4, 0.5) is 14.5 Å². The van der Waals surface area contributed by atoms with Crippen molar-refractivity contribution in [2.24, 2.45) is 0 Å². The molecule has 0 heterocycles. The van der Waals surface area contributed by atoms with Crippen LogP contribution in [0.5, 0.6) is 0 Å². The molecule has 0 unspecified atom stereocenters. The van der Waals surface area contributed by atoms with E-state index >= 15 is 0 Å². The highest BCUT2D eigenvalue weighted by Crippen LogP contribution is 2.15. The molecule has 4 heteroatoms. The van der Waals surface area contributed by atoms with Crippen molar-refractivity contribution >= 4 is 5.69 Å². The van der Waals surface area contributed by atoms with Crippen molar-refractivity contribution in [3.8, 4) is 0 Å². The first-order valence-corrected chi connectivity index (χ1v) is 5.59. The Morgan fingerprint density at radius 3 is 2.50 bits per heavy atom. The standard InChI is InChI=1S/C12H18F2N2/c1-3-16(4-2)9-8-15-11-7-5-6-10(13)12(11)14/h5-7,15H,3-4,8-9H2,1-2H3. The lowest BCUT2D eigenvalue weighted by atomic mass is 10.3. The van der Waals surface area contributed by atoms with Crippen molar-refractivity contribution < 1.29 is 8.78 Å². The van der Waals surface area contributed by atoms with E-state index in [9.17, 15) is 8.78 Å². The van der Waals surface area contributed by atoms with Gasteiger partial charge in [-0.3, -0.25) is 0 Å². The van der Waals surface area contributed by atoms with E-state index in [0.29, 0.717) is 6.54 Å². The van der Waals surface area contributed by atoms with Crippen molar-refractivity contribution in [2.45, 2.75) is 13.8 Å². The first-order valence-electron chi connectivity index (χ1n) is 5.59. The Morgan fingerprint density at radius 1 is 1.19 bits per heavy atom. The summed E-state index contributed by atoms with van der Waals surface area (Å²) >= 11 is 0. The summed E-state index contributed by atoms with van der Waals surface area (Å²) in [5.74, 6) is -1.62. The predicted molar refractivity (Wildman–Crippen MR) is 62.6 cm³/mol. The van der Waals surface area contributed by atoms with Crippen molar-refractivity contribution in [1.29, 1.82) is 0 Å². The summed E-state index contributed by atoms with van der Waals surface area (Å²) in [6, 6.07) is 4.16. The van der Waals surface area contributed by atoms with Crippen LogP contribution in [-0.4, -0.2) is 31.1 Å². The monoisotopic (exact) mass is 228 g/mol. The molecule has 0 saturated carbocycles. The number of halogens is 2. The zero-order valence-corrected chi connectivity index (χ0v) is 9.76. The molecule has 0 spiro atoms. The molecule has 0 bridgehead atoms. The summed E-state index contributed by atoms with van der Waals surface area (Å²) in [5.41, 5.74) is 0.229. The van der Waals surface area contributed by atoms with Gasteiger partial charge in [0, 0.05) is 13.1 Å². The smallest absolute Gasteiger partial charge is 0.181 e. The summed E-state index contributed by atoms with van der Waals surface area (Å²) in [7, 11) is 0. The molecule has 0 aliphatic heterocycles. The topological polar surface area (TPSA) is 15.3 Å². The quantitative estimate of drug-likeness (QED) is 0.805. The number of nitrogens with zero attached hydrogens (tertiary/aromatic N) is 1. The molecule has 0 fully saturated rings. The fraction of sp³-hybridized carbons (Fsp3) is 0.500. The number of nitrogens with one attached hydrogen (secondary N) is 1. The Hall–Kier alpha value is -1.16. The Labute approximate surface area is 95.3 Å². The lowest BCUT2D eigenvalue weighted by Crippen LogP contribution is -2.28. The Bertz CT molecular complexity index is 325. The van der Waals surface area contributed by atoms with Gasteiger partial charge in [-0.25, -0.2) is 8.78 Å². The van der Waals surface area contributed by atoms with Gasteiger partial charge in [0.1, 0.15) is 0 Å². The van der Waals surface area contributed by atoms with Gasteiger partial charge < -0.3 is 10.2 Å². The predicted octanol–water partition coefficient (Wildman–Crippen LogP) is 2.72. The van der Waals surface area contributed by atoms with Gasteiger partial charge in [0.25, 0.3) is 0 Å². The maximum Gasteiger partial charge on any atom is 0.181 e. The molecule has 0 aromatic heterocycles. The molecular formula is C12H18F2N2. The number of anilines is 1. The SMILES string of the molecule is CCN(CC)CCNc1cccc(F)c1F. The fourth-order valence-electron chi connectivity index (χ4n) is 1.53. The molecular weight excluding hydrogens is 210 g/mol. The van der Waals surface area contributed by atoms with Crippen LogP contribution >= 0.6 is 0 Å². The molecule has 1 aromatic carbocycles. The van der Waals surface area contributed by atoms with E-state index in [1.807, 2.05) is 0 Å². The minimum Gasteiger partial charge on any atom is -0.381 e. The van der Waals surface area contributed by atoms with Crippen LogP contribution in [-0.2, 0) is 0 Å². The van der Waals surface area contributed by atoms with Crippen molar-refractivity contribution in [2.75, 3.05) is 31.5 Å². The van der Waals surface area contributed by atoms with E-state index in [0.717, 1.165) is 25.7 Å². The molecule has 0 amide bonds. The fourth-order valence-corrected chi connectivity index (χ4v) is 1.53. The van der Waals surface area contributed by atoms with Crippen molar-refractivity contribution in [3.63, 3.8) is 0 Å². The third-order valence-electron chi connectivity index (χ3n) is 2.59. The largest absolute Gasteiger partial charge is 0.381 e. The summed E-state index contributed by atoms with van der Waals surface area (Å²) in [5, 5.41) is 2.90. The molecule has 0 radical (unpaired) electrons. The van der Waals surface area contributed by atoms with Gasteiger partial charge in [0.2, 0.25) is 0 Å². The number of hydrogen-bond donors (Lipinski definition) is 1.